The molecule has 0 saturated carbocycles. The zero-order valence-corrected chi connectivity index (χ0v) is 14.5. The summed E-state index contributed by atoms with van der Waals surface area (Å²) in [4.78, 5) is 12.7. The molecular formula is C20H17NO3S. The Balaban J connectivity index is 1.73. The molecule has 0 aliphatic heterocycles. The number of nitrogens with zero attached hydrogens (tertiary/aromatic N) is 1. The van der Waals surface area contributed by atoms with Crippen LogP contribution in [-0.2, 0) is 13.5 Å². The van der Waals surface area contributed by atoms with Gasteiger partial charge in [0, 0.05) is 18.2 Å². The van der Waals surface area contributed by atoms with E-state index in [0.717, 1.165) is 17.3 Å². The van der Waals surface area contributed by atoms with Crippen molar-refractivity contribution < 1.29 is 9.52 Å². The van der Waals surface area contributed by atoms with Gasteiger partial charge in [0.25, 0.3) is 0 Å². The molecule has 2 heterocycles. The largest absolute Gasteiger partial charge is 0.504 e. The average molecular weight is 351 g/mol. The topological polar surface area (TPSA) is 55.4 Å². The molecule has 0 aliphatic rings. The maximum atomic E-state index is 12.4. The summed E-state index contributed by atoms with van der Waals surface area (Å²) in [6.45, 7) is 0. The van der Waals surface area contributed by atoms with Gasteiger partial charge < -0.3 is 14.1 Å². The van der Waals surface area contributed by atoms with Gasteiger partial charge in [-0.05, 0) is 24.1 Å². The highest BCUT2D eigenvalue weighted by molar-refractivity contribution is 7.99. The Morgan fingerprint density at radius 3 is 2.60 bits per heavy atom. The monoisotopic (exact) mass is 351 g/mol. The maximum Gasteiger partial charge on any atom is 0.354 e. The van der Waals surface area contributed by atoms with Crippen LogP contribution in [0.1, 0.15) is 5.56 Å². The standard InChI is InChI=1S/C20H17NO3S/c1-21-15-10-6-5-9-14(15)18-16(21)17(22)19(20(23)24-18)25-12-11-13-7-3-2-4-8-13/h2-10,22H,11-12H2,1H3. The number of para-hydroxylation sites is 1. The van der Waals surface area contributed by atoms with Crippen molar-refractivity contribution in [3.8, 4) is 5.75 Å². The normalized spacial score (nSPS) is 11.4. The van der Waals surface area contributed by atoms with Crippen molar-refractivity contribution in [2.75, 3.05) is 5.75 Å². The number of thioether (sulfide) groups is 1. The molecule has 1 N–H and O–H groups in total. The number of aromatic hydroxyl groups is 1. The summed E-state index contributed by atoms with van der Waals surface area (Å²) in [5, 5.41) is 11.5. The molecule has 0 spiro atoms. The predicted molar refractivity (Wildman–Crippen MR) is 101 cm³/mol. The minimum absolute atomic E-state index is 0.00279. The second kappa shape index (κ2) is 6.33. The molecule has 2 aromatic carbocycles. The number of fused-ring (bicyclic) bond motifs is 3. The second-order valence-electron chi connectivity index (χ2n) is 5.91. The molecule has 4 rings (SSSR count). The molecule has 0 unspecified atom stereocenters. The van der Waals surface area contributed by atoms with Crippen molar-refractivity contribution in [3.63, 3.8) is 0 Å². The van der Waals surface area contributed by atoms with E-state index in [-0.39, 0.29) is 10.6 Å². The molecule has 25 heavy (non-hydrogen) atoms. The number of hydrogen-bond acceptors (Lipinski definition) is 4. The molecule has 0 fully saturated rings. The fourth-order valence-corrected chi connectivity index (χ4v) is 4.05. The Kier molecular flexibility index (Phi) is 4.01. The number of aryl methyl sites for hydroxylation is 2. The van der Waals surface area contributed by atoms with E-state index in [0.29, 0.717) is 16.9 Å². The van der Waals surface area contributed by atoms with Crippen LogP contribution in [-0.4, -0.2) is 15.4 Å². The highest BCUT2D eigenvalue weighted by atomic mass is 32.2. The van der Waals surface area contributed by atoms with Crippen LogP contribution in [0, 0.1) is 0 Å². The van der Waals surface area contributed by atoms with Crippen molar-refractivity contribution >= 4 is 33.8 Å². The molecule has 0 atom stereocenters. The molecule has 4 aromatic rings. The first-order chi connectivity index (χ1) is 12.2. The summed E-state index contributed by atoms with van der Waals surface area (Å²) in [6.07, 6.45) is 0.817. The molecular weight excluding hydrogens is 334 g/mol. The first kappa shape index (κ1) is 15.8. The van der Waals surface area contributed by atoms with E-state index in [4.69, 9.17) is 4.42 Å². The van der Waals surface area contributed by atoms with Crippen molar-refractivity contribution in [2.24, 2.45) is 7.05 Å². The number of benzene rings is 2. The van der Waals surface area contributed by atoms with Crippen LogP contribution in [0.5, 0.6) is 5.75 Å². The zero-order valence-electron chi connectivity index (χ0n) is 13.7. The second-order valence-corrected chi connectivity index (χ2v) is 7.01. The first-order valence-electron chi connectivity index (χ1n) is 8.06. The number of aromatic nitrogens is 1. The Morgan fingerprint density at radius 2 is 1.80 bits per heavy atom. The van der Waals surface area contributed by atoms with Crippen molar-refractivity contribution in [2.45, 2.75) is 11.3 Å². The summed E-state index contributed by atoms with van der Waals surface area (Å²) >= 11 is 1.33. The van der Waals surface area contributed by atoms with Gasteiger partial charge in [-0.1, -0.05) is 42.5 Å². The van der Waals surface area contributed by atoms with E-state index >= 15 is 0 Å². The van der Waals surface area contributed by atoms with E-state index in [9.17, 15) is 9.90 Å². The minimum Gasteiger partial charge on any atom is -0.504 e. The summed E-state index contributed by atoms with van der Waals surface area (Å²) in [7, 11) is 1.86. The van der Waals surface area contributed by atoms with Gasteiger partial charge in [0.1, 0.15) is 10.4 Å². The van der Waals surface area contributed by atoms with Crippen LogP contribution < -0.4 is 5.63 Å². The molecule has 0 aliphatic carbocycles. The van der Waals surface area contributed by atoms with Crippen molar-refractivity contribution in [3.05, 3.63) is 70.6 Å². The van der Waals surface area contributed by atoms with Gasteiger partial charge >= 0.3 is 5.63 Å². The Morgan fingerprint density at radius 1 is 1.08 bits per heavy atom. The highest BCUT2D eigenvalue weighted by Gasteiger charge is 2.20. The number of rotatable bonds is 4. The summed E-state index contributed by atoms with van der Waals surface area (Å²) in [5.41, 5.74) is 2.63. The third kappa shape index (κ3) is 2.70. The third-order valence-corrected chi connectivity index (χ3v) is 5.42. The van der Waals surface area contributed by atoms with Crippen LogP contribution in [0.4, 0.5) is 0 Å². The lowest BCUT2D eigenvalue weighted by Crippen LogP contribution is -2.04. The average Bonchev–Trinajstić information content (AvgIpc) is 2.91. The lowest BCUT2D eigenvalue weighted by atomic mass is 10.2. The van der Waals surface area contributed by atoms with Gasteiger partial charge in [-0.25, -0.2) is 4.79 Å². The highest BCUT2D eigenvalue weighted by Crippen LogP contribution is 2.37. The van der Waals surface area contributed by atoms with Crippen LogP contribution in [0.3, 0.4) is 0 Å². The van der Waals surface area contributed by atoms with E-state index < -0.39 is 5.63 Å². The Hall–Kier alpha value is -2.66. The zero-order chi connectivity index (χ0) is 17.4. The summed E-state index contributed by atoms with van der Waals surface area (Å²) in [5.74, 6) is 0.695. The van der Waals surface area contributed by atoms with Gasteiger partial charge in [-0.2, -0.15) is 0 Å². The molecule has 0 radical (unpaired) electrons. The van der Waals surface area contributed by atoms with Gasteiger partial charge in [0.2, 0.25) is 0 Å². The predicted octanol–water partition coefficient (Wildman–Crippen LogP) is 4.33. The van der Waals surface area contributed by atoms with Crippen LogP contribution in [0.25, 0.3) is 22.0 Å². The van der Waals surface area contributed by atoms with Gasteiger partial charge in [-0.15, -0.1) is 11.8 Å². The van der Waals surface area contributed by atoms with E-state index in [1.807, 2.05) is 54.1 Å². The molecule has 0 bridgehead atoms. The van der Waals surface area contributed by atoms with Crippen molar-refractivity contribution in [1.82, 2.24) is 4.57 Å². The fraction of sp³-hybridized carbons (Fsp3) is 0.150. The first-order valence-corrected chi connectivity index (χ1v) is 9.05. The van der Waals surface area contributed by atoms with E-state index in [1.165, 1.54) is 17.3 Å². The quantitative estimate of drug-likeness (QED) is 0.556. The molecule has 2 aromatic heterocycles. The summed E-state index contributed by atoms with van der Waals surface area (Å²) < 4.78 is 7.42. The Bertz CT molecular complexity index is 1110. The van der Waals surface area contributed by atoms with Crippen LogP contribution >= 0.6 is 11.8 Å². The molecule has 0 saturated heterocycles. The Labute approximate surface area is 148 Å². The summed E-state index contributed by atoms with van der Waals surface area (Å²) in [6, 6.07) is 17.7. The smallest absolute Gasteiger partial charge is 0.354 e. The SMILES string of the molecule is Cn1c2ccccc2c2oc(=O)c(SCCc3ccccc3)c(O)c21. The van der Waals surface area contributed by atoms with Crippen LogP contribution in [0.2, 0.25) is 0 Å². The van der Waals surface area contributed by atoms with Gasteiger partial charge in [0.05, 0.1) is 5.52 Å². The van der Waals surface area contributed by atoms with Gasteiger partial charge in [0.15, 0.2) is 11.3 Å². The third-order valence-electron chi connectivity index (χ3n) is 4.36. The van der Waals surface area contributed by atoms with E-state index in [2.05, 4.69) is 12.1 Å². The fourth-order valence-electron chi connectivity index (χ4n) is 3.11. The molecule has 0 amide bonds. The van der Waals surface area contributed by atoms with E-state index in [1.54, 1.807) is 0 Å². The van der Waals surface area contributed by atoms with Gasteiger partial charge in [-0.3, -0.25) is 0 Å². The molecule has 126 valence electrons. The van der Waals surface area contributed by atoms with Crippen LogP contribution in [0.15, 0.2) is 68.7 Å². The van der Waals surface area contributed by atoms with Crippen molar-refractivity contribution in [1.29, 1.82) is 0 Å². The molecule has 4 nitrogen and oxygen atoms in total. The lowest BCUT2D eigenvalue weighted by molar-refractivity contribution is 0.445. The maximum absolute atomic E-state index is 12.4. The molecule has 5 heteroatoms. The lowest BCUT2D eigenvalue weighted by Gasteiger charge is -2.06. The number of hydrogen-bond donors (Lipinski definition) is 1. The minimum atomic E-state index is -0.487.